The van der Waals surface area contributed by atoms with Gasteiger partial charge < -0.3 is 20.5 Å². The molecule has 126 valence electrons. The highest BCUT2D eigenvalue weighted by molar-refractivity contribution is 7.98. The second kappa shape index (κ2) is 8.21. The molecule has 7 nitrogen and oxygen atoms in total. The monoisotopic (exact) mass is 347 g/mol. The third-order valence-corrected chi connectivity index (χ3v) is 3.66. The van der Waals surface area contributed by atoms with E-state index in [-0.39, 0.29) is 12.5 Å². The van der Waals surface area contributed by atoms with Gasteiger partial charge in [-0.1, -0.05) is 0 Å². The largest absolute Gasteiger partial charge is 0.493 e. The van der Waals surface area contributed by atoms with Crippen molar-refractivity contribution in [3.8, 4) is 11.5 Å². The van der Waals surface area contributed by atoms with Gasteiger partial charge in [0.05, 0.1) is 24.0 Å². The summed E-state index contributed by atoms with van der Waals surface area (Å²) in [4.78, 5) is 27.3. The van der Waals surface area contributed by atoms with E-state index >= 15 is 0 Å². The van der Waals surface area contributed by atoms with Gasteiger partial charge in [-0.2, -0.15) is 0 Å². The van der Waals surface area contributed by atoms with Crippen molar-refractivity contribution >= 4 is 29.3 Å². The second-order valence-corrected chi connectivity index (χ2v) is 5.49. The molecule has 0 aliphatic rings. The molecule has 0 atom stereocenters. The molecule has 3 N–H and O–H groups in total. The number of ether oxygens (including phenoxy) is 2. The van der Waals surface area contributed by atoms with Crippen LogP contribution in [0.25, 0.3) is 0 Å². The number of carbonyl (C=O) groups is 2. The van der Waals surface area contributed by atoms with Crippen LogP contribution in [0.4, 0.5) is 5.69 Å². The SMILES string of the molecule is COc1cc(C(=O)Nc2ccc(SC)nc2)ccc1OCC(N)=O. The minimum atomic E-state index is -0.597. The number of rotatable bonds is 7. The van der Waals surface area contributed by atoms with Crippen LogP contribution in [0.3, 0.4) is 0 Å². The smallest absolute Gasteiger partial charge is 0.255 e. The lowest BCUT2D eigenvalue weighted by Gasteiger charge is -2.11. The molecule has 1 aromatic heterocycles. The highest BCUT2D eigenvalue weighted by atomic mass is 32.2. The molecule has 1 heterocycles. The predicted octanol–water partition coefficient (Wildman–Crippen LogP) is 1.93. The third-order valence-electron chi connectivity index (χ3n) is 3.00. The Morgan fingerprint density at radius 2 is 2.04 bits per heavy atom. The van der Waals surface area contributed by atoms with E-state index in [0.717, 1.165) is 5.03 Å². The Hall–Kier alpha value is -2.74. The summed E-state index contributed by atoms with van der Waals surface area (Å²) in [6.45, 7) is -0.268. The number of pyridine rings is 1. The van der Waals surface area contributed by atoms with E-state index in [1.165, 1.54) is 24.9 Å². The topological polar surface area (TPSA) is 104 Å². The average Bonchev–Trinajstić information content (AvgIpc) is 2.60. The predicted molar refractivity (Wildman–Crippen MR) is 91.7 cm³/mol. The van der Waals surface area contributed by atoms with Crippen LogP contribution >= 0.6 is 11.8 Å². The summed E-state index contributed by atoms with van der Waals surface area (Å²) in [7, 11) is 1.44. The summed E-state index contributed by atoms with van der Waals surface area (Å²) >= 11 is 1.52. The first-order valence-electron chi connectivity index (χ1n) is 6.94. The van der Waals surface area contributed by atoms with Crippen molar-refractivity contribution in [2.75, 3.05) is 25.3 Å². The summed E-state index contributed by atoms with van der Waals surface area (Å²) in [5.41, 5.74) is 6.01. The highest BCUT2D eigenvalue weighted by Crippen LogP contribution is 2.28. The van der Waals surface area contributed by atoms with Crippen molar-refractivity contribution < 1.29 is 19.1 Å². The number of hydrogen-bond acceptors (Lipinski definition) is 6. The van der Waals surface area contributed by atoms with Crippen LogP contribution in [0, 0.1) is 0 Å². The lowest BCUT2D eigenvalue weighted by molar-refractivity contribution is -0.119. The molecule has 0 fully saturated rings. The molecule has 0 saturated carbocycles. The van der Waals surface area contributed by atoms with Gasteiger partial charge in [0, 0.05) is 5.56 Å². The maximum atomic E-state index is 12.3. The minimum absolute atomic E-state index is 0.268. The molecule has 0 aliphatic carbocycles. The third kappa shape index (κ3) is 4.63. The lowest BCUT2D eigenvalue weighted by Crippen LogP contribution is -2.20. The van der Waals surface area contributed by atoms with Crippen LogP contribution in [0.2, 0.25) is 0 Å². The number of benzene rings is 1. The number of amides is 2. The summed E-state index contributed by atoms with van der Waals surface area (Å²) < 4.78 is 10.4. The summed E-state index contributed by atoms with van der Waals surface area (Å²) in [6.07, 6.45) is 3.51. The molecule has 8 heteroatoms. The van der Waals surface area contributed by atoms with Gasteiger partial charge in [-0.3, -0.25) is 9.59 Å². The number of nitrogens with zero attached hydrogens (tertiary/aromatic N) is 1. The zero-order valence-corrected chi connectivity index (χ0v) is 14.1. The van der Waals surface area contributed by atoms with Crippen molar-refractivity contribution in [2.24, 2.45) is 5.73 Å². The fraction of sp³-hybridized carbons (Fsp3) is 0.188. The molecule has 24 heavy (non-hydrogen) atoms. The molecule has 1 aromatic carbocycles. The van der Waals surface area contributed by atoms with Crippen LogP contribution in [-0.4, -0.2) is 36.8 Å². The Labute approximate surface area is 143 Å². The molecule has 0 radical (unpaired) electrons. The first-order valence-corrected chi connectivity index (χ1v) is 8.16. The lowest BCUT2D eigenvalue weighted by atomic mass is 10.2. The van der Waals surface area contributed by atoms with E-state index in [1.807, 2.05) is 12.3 Å². The van der Waals surface area contributed by atoms with Gasteiger partial charge in [-0.25, -0.2) is 4.98 Å². The molecule has 0 aliphatic heterocycles. The Morgan fingerprint density at radius 3 is 2.62 bits per heavy atom. The molecule has 2 amide bonds. The molecular weight excluding hydrogens is 330 g/mol. The Bertz CT molecular complexity index is 735. The van der Waals surface area contributed by atoms with Crippen LogP contribution < -0.4 is 20.5 Å². The summed E-state index contributed by atoms with van der Waals surface area (Å²) in [5, 5.41) is 3.62. The number of aromatic nitrogens is 1. The number of nitrogens with one attached hydrogen (secondary N) is 1. The van der Waals surface area contributed by atoms with Crippen molar-refractivity contribution in [2.45, 2.75) is 5.03 Å². The zero-order valence-electron chi connectivity index (χ0n) is 13.2. The molecule has 0 spiro atoms. The van der Waals surface area contributed by atoms with Crippen LogP contribution in [0.1, 0.15) is 10.4 Å². The molecule has 0 unspecified atom stereocenters. The van der Waals surface area contributed by atoms with E-state index in [1.54, 1.807) is 24.4 Å². The Kier molecular flexibility index (Phi) is 6.02. The van der Waals surface area contributed by atoms with Crippen LogP contribution in [0.5, 0.6) is 11.5 Å². The van der Waals surface area contributed by atoms with Crippen LogP contribution in [-0.2, 0) is 4.79 Å². The number of nitrogens with two attached hydrogens (primary N) is 1. The fourth-order valence-electron chi connectivity index (χ4n) is 1.86. The highest BCUT2D eigenvalue weighted by Gasteiger charge is 2.12. The van der Waals surface area contributed by atoms with Crippen molar-refractivity contribution in [3.05, 3.63) is 42.1 Å². The van der Waals surface area contributed by atoms with E-state index in [0.29, 0.717) is 22.7 Å². The number of thioether (sulfide) groups is 1. The van der Waals surface area contributed by atoms with Crippen LogP contribution in [0.15, 0.2) is 41.6 Å². The second-order valence-electron chi connectivity index (χ2n) is 4.66. The van der Waals surface area contributed by atoms with Gasteiger partial charge in [0.25, 0.3) is 11.8 Å². The normalized spacial score (nSPS) is 10.1. The van der Waals surface area contributed by atoms with Gasteiger partial charge >= 0.3 is 0 Å². The number of carbonyl (C=O) groups excluding carboxylic acids is 2. The fourth-order valence-corrected chi connectivity index (χ4v) is 2.22. The quantitative estimate of drug-likeness (QED) is 0.742. The summed E-state index contributed by atoms with van der Waals surface area (Å²) in [6, 6.07) is 8.24. The molecular formula is C16H17N3O4S. The van der Waals surface area contributed by atoms with Gasteiger partial charge in [-0.15, -0.1) is 11.8 Å². The van der Waals surface area contributed by atoms with E-state index in [2.05, 4.69) is 10.3 Å². The number of methoxy groups -OCH3 is 1. The van der Waals surface area contributed by atoms with E-state index < -0.39 is 5.91 Å². The zero-order chi connectivity index (χ0) is 17.5. The van der Waals surface area contributed by atoms with Crippen molar-refractivity contribution in [1.29, 1.82) is 0 Å². The number of hydrogen-bond donors (Lipinski definition) is 2. The number of primary amides is 1. The Balaban J connectivity index is 2.12. The first kappa shape index (κ1) is 17.6. The maximum absolute atomic E-state index is 12.3. The van der Waals surface area contributed by atoms with E-state index in [9.17, 15) is 9.59 Å². The summed E-state index contributed by atoms with van der Waals surface area (Å²) in [5.74, 6) is -0.243. The van der Waals surface area contributed by atoms with E-state index in [4.69, 9.17) is 15.2 Å². The van der Waals surface area contributed by atoms with Gasteiger partial charge in [-0.05, 0) is 36.6 Å². The molecule has 2 rings (SSSR count). The molecule has 0 bridgehead atoms. The standard InChI is InChI=1S/C16H17N3O4S/c1-22-13-7-10(3-5-12(13)23-9-14(17)20)16(21)19-11-4-6-15(24-2)18-8-11/h3-8H,9H2,1-2H3,(H2,17,20)(H,19,21). The maximum Gasteiger partial charge on any atom is 0.255 e. The molecule has 2 aromatic rings. The minimum Gasteiger partial charge on any atom is -0.493 e. The number of anilines is 1. The average molecular weight is 347 g/mol. The van der Waals surface area contributed by atoms with Gasteiger partial charge in [0.1, 0.15) is 0 Å². The van der Waals surface area contributed by atoms with Crippen molar-refractivity contribution in [3.63, 3.8) is 0 Å². The first-order chi connectivity index (χ1) is 11.5. The van der Waals surface area contributed by atoms with Gasteiger partial charge in [0.15, 0.2) is 18.1 Å². The van der Waals surface area contributed by atoms with Gasteiger partial charge in [0.2, 0.25) is 0 Å². The Morgan fingerprint density at radius 1 is 1.25 bits per heavy atom. The van der Waals surface area contributed by atoms with Crippen molar-refractivity contribution in [1.82, 2.24) is 4.98 Å². The molecule has 0 saturated heterocycles.